The summed E-state index contributed by atoms with van der Waals surface area (Å²) in [4.78, 5) is 0. The van der Waals surface area contributed by atoms with Crippen molar-refractivity contribution in [2.75, 3.05) is 13.4 Å². The minimum absolute atomic E-state index is 0.286. The molecule has 1 aromatic carbocycles. The van der Waals surface area contributed by atoms with Crippen molar-refractivity contribution in [2.24, 2.45) is 5.73 Å². The lowest BCUT2D eigenvalue weighted by Crippen LogP contribution is -2.07. The van der Waals surface area contributed by atoms with E-state index in [2.05, 4.69) is 0 Å². The molecule has 0 fully saturated rings. The summed E-state index contributed by atoms with van der Waals surface area (Å²) >= 11 is 0. The normalized spacial score (nSPS) is 10.2. The highest BCUT2D eigenvalue weighted by molar-refractivity contribution is 5.40. The van der Waals surface area contributed by atoms with Crippen molar-refractivity contribution in [2.45, 2.75) is 20.4 Å². The standard InChI is InChI=1S/C11H17NO2/c1-3-13-8-14-11-9(2)5-4-6-10(11)7-12/h4-6H,3,7-8,12H2,1-2H3. The molecule has 1 aromatic rings. The van der Waals surface area contributed by atoms with E-state index in [0.29, 0.717) is 13.2 Å². The fraction of sp³-hybridized carbons (Fsp3) is 0.455. The molecular formula is C11H17NO2. The molecule has 0 atom stereocenters. The van der Waals surface area contributed by atoms with Gasteiger partial charge in [-0.05, 0) is 19.4 Å². The molecule has 0 bridgehead atoms. The first kappa shape index (κ1) is 11.0. The van der Waals surface area contributed by atoms with Gasteiger partial charge in [-0.2, -0.15) is 0 Å². The monoisotopic (exact) mass is 195 g/mol. The Labute approximate surface area is 84.8 Å². The van der Waals surface area contributed by atoms with Gasteiger partial charge in [0.15, 0.2) is 6.79 Å². The van der Waals surface area contributed by atoms with E-state index in [-0.39, 0.29) is 6.79 Å². The molecule has 1 rings (SSSR count). The largest absolute Gasteiger partial charge is 0.467 e. The first-order chi connectivity index (χ1) is 6.79. The second-order valence-corrected chi connectivity index (χ2v) is 3.02. The topological polar surface area (TPSA) is 44.5 Å². The van der Waals surface area contributed by atoms with E-state index in [0.717, 1.165) is 16.9 Å². The van der Waals surface area contributed by atoms with Crippen molar-refractivity contribution in [3.05, 3.63) is 29.3 Å². The summed E-state index contributed by atoms with van der Waals surface area (Å²) in [5, 5.41) is 0. The van der Waals surface area contributed by atoms with E-state index in [1.54, 1.807) is 0 Å². The third kappa shape index (κ3) is 2.72. The van der Waals surface area contributed by atoms with Crippen molar-refractivity contribution >= 4 is 0 Å². The maximum absolute atomic E-state index is 5.60. The van der Waals surface area contributed by atoms with Crippen molar-refractivity contribution < 1.29 is 9.47 Å². The Balaban J connectivity index is 2.72. The van der Waals surface area contributed by atoms with E-state index in [9.17, 15) is 0 Å². The first-order valence-electron chi connectivity index (χ1n) is 4.78. The molecule has 0 spiro atoms. The van der Waals surface area contributed by atoms with Crippen LogP contribution in [-0.4, -0.2) is 13.4 Å². The first-order valence-corrected chi connectivity index (χ1v) is 4.78. The zero-order valence-electron chi connectivity index (χ0n) is 8.75. The quantitative estimate of drug-likeness (QED) is 0.576. The molecule has 2 N–H and O–H groups in total. The zero-order chi connectivity index (χ0) is 10.4. The molecule has 14 heavy (non-hydrogen) atoms. The van der Waals surface area contributed by atoms with Gasteiger partial charge in [0, 0.05) is 18.7 Å². The van der Waals surface area contributed by atoms with Gasteiger partial charge in [0.25, 0.3) is 0 Å². The van der Waals surface area contributed by atoms with Gasteiger partial charge in [-0.3, -0.25) is 0 Å². The Bertz CT molecular complexity index is 287. The molecule has 0 amide bonds. The van der Waals surface area contributed by atoms with Gasteiger partial charge < -0.3 is 15.2 Å². The fourth-order valence-electron chi connectivity index (χ4n) is 1.26. The molecule has 0 aromatic heterocycles. The molecule has 3 heteroatoms. The number of rotatable bonds is 5. The van der Waals surface area contributed by atoms with Crippen LogP contribution in [0, 0.1) is 6.92 Å². The van der Waals surface area contributed by atoms with Crippen LogP contribution in [0.5, 0.6) is 5.75 Å². The lowest BCUT2D eigenvalue weighted by molar-refractivity contribution is 0.0214. The summed E-state index contributed by atoms with van der Waals surface area (Å²) in [5.74, 6) is 0.850. The van der Waals surface area contributed by atoms with Crippen molar-refractivity contribution in [3.8, 4) is 5.75 Å². The second-order valence-electron chi connectivity index (χ2n) is 3.02. The van der Waals surface area contributed by atoms with Gasteiger partial charge in [0.05, 0.1) is 0 Å². The lowest BCUT2D eigenvalue weighted by Gasteiger charge is -2.12. The lowest BCUT2D eigenvalue weighted by atomic mass is 10.1. The molecule has 0 aliphatic heterocycles. The van der Waals surface area contributed by atoms with Crippen molar-refractivity contribution in [1.82, 2.24) is 0 Å². The molecule has 0 radical (unpaired) electrons. The van der Waals surface area contributed by atoms with Crippen LogP contribution in [0.3, 0.4) is 0 Å². The van der Waals surface area contributed by atoms with Crippen LogP contribution in [-0.2, 0) is 11.3 Å². The molecule has 3 nitrogen and oxygen atoms in total. The highest BCUT2D eigenvalue weighted by atomic mass is 16.7. The number of para-hydroxylation sites is 1. The van der Waals surface area contributed by atoms with Gasteiger partial charge in [-0.1, -0.05) is 18.2 Å². The fourth-order valence-corrected chi connectivity index (χ4v) is 1.26. The molecule has 0 saturated heterocycles. The Morgan fingerprint density at radius 1 is 1.36 bits per heavy atom. The Morgan fingerprint density at radius 3 is 2.79 bits per heavy atom. The number of hydrogen-bond acceptors (Lipinski definition) is 3. The number of nitrogens with two attached hydrogens (primary N) is 1. The number of aryl methyl sites for hydroxylation is 1. The highest BCUT2D eigenvalue weighted by Gasteiger charge is 2.04. The highest BCUT2D eigenvalue weighted by Crippen LogP contribution is 2.22. The summed E-state index contributed by atoms with van der Waals surface area (Å²) in [6.45, 7) is 5.37. The van der Waals surface area contributed by atoms with Crippen LogP contribution in [0.1, 0.15) is 18.1 Å². The van der Waals surface area contributed by atoms with Gasteiger partial charge in [0.2, 0.25) is 0 Å². The predicted octanol–water partition coefficient (Wildman–Crippen LogP) is 1.83. The Hall–Kier alpha value is -1.06. The third-order valence-electron chi connectivity index (χ3n) is 2.00. The zero-order valence-corrected chi connectivity index (χ0v) is 8.75. The summed E-state index contributed by atoms with van der Waals surface area (Å²) in [5.41, 5.74) is 7.71. The molecule has 0 unspecified atom stereocenters. The molecule has 0 aliphatic rings. The average molecular weight is 195 g/mol. The predicted molar refractivity (Wildman–Crippen MR) is 56.2 cm³/mol. The van der Waals surface area contributed by atoms with Gasteiger partial charge in [-0.25, -0.2) is 0 Å². The summed E-state index contributed by atoms with van der Waals surface area (Å²) < 4.78 is 10.6. The van der Waals surface area contributed by atoms with E-state index < -0.39 is 0 Å². The van der Waals surface area contributed by atoms with Gasteiger partial charge in [0.1, 0.15) is 5.75 Å². The van der Waals surface area contributed by atoms with Gasteiger partial charge >= 0.3 is 0 Å². The smallest absolute Gasteiger partial charge is 0.189 e. The van der Waals surface area contributed by atoms with Gasteiger partial charge in [-0.15, -0.1) is 0 Å². The van der Waals surface area contributed by atoms with E-state index in [1.807, 2.05) is 32.0 Å². The van der Waals surface area contributed by atoms with E-state index >= 15 is 0 Å². The van der Waals surface area contributed by atoms with Crippen LogP contribution >= 0.6 is 0 Å². The SMILES string of the molecule is CCOCOc1c(C)cccc1CN. The molecule has 0 aliphatic carbocycles. The third-order valence-corrected chi connectivity index (χ3v) is 2.00. The Kier molecular flexibility index (Phi) is 4.43. The summed E-state index contributed by atoms with van der Waals surface area (Å²) in [6, 6.07) is 5.94. The van der Waals surface area contributed by atoms with Crippen LogP contribution in [0.4, 0.5) is 0 Å². The van der Waals surface area contributed by atoms with Crippen LogP contribution in [0.25, 0.3) is 0 Å². The van der Waals surface area contributed by atoms with Crippen LogP contribution < -0.4 is 10.5 Å². The van der Waals surface area contributed by atoms with Crippen molar-refractivity contribution in [1.29, 1.82) is 0 Å². The van der Waals surface area contributed by atoms with E-state index in [4.69, 9.17) is 15.2 Å². The van der Waals surface area contributed by atoms with Crippen LogP contribution in [0.2, 0.25) is 0 Å². The summed E-state index contributed by atoms with van der Waals surface area (Å²) in [6.07, 6.45) is 0. The second kappa shape index (κ2) is 5.62. The maximum Gasteiger partial charge on any atom is 0.189 e. The maximum atomic E-state index is 5.60. The minimum atomic E-state index is 0.286. The molecule has 78 valence electrons. The molecule has 0 heterocycles. The van der Waals surface area contributed by atoms with Crippen LogP contribution in [0.15, 0.2) is 18.2 Å². The summed E-state index contributed by atoms with van der Waals surface area (Å²) in [7, 11) is 0. The number of hydrogen-bond donors (Lipinski definition) is 1. The Morgan fingerprint density at radius 2 is 2.14 bits per heavy atom. The molecular weight excluding hydrogens is 178 g/mol. The van der Waals surface area contributed by atoms with E-state index in [1.165, 1.54) is 0 Å². The number of benzene rings is 1. The minimum Gasteiger partial charge on any atom is -0.467 e. The van der Waals surface area contributed by atoms with Crippen molar-refractivity contribution in [3.63, 3.8) is 0 Å². The molecule has 0 saturated carbocycles. The number of ether oxygens (including phenoxy) is 2. The average Bonchev–Trinajstić information content (AvgIpc) is 2.20.